The van der Waals surface area contributed by atoms with Crippen LogP contribution in [0.15, 0.2) is 89.8 Å². The van der Waals surface area contributed by atoms with Gasteiger partial charge in [0.25, 0.3) is 0 Å². The van der Waals surface area contributed by atoms with Gasteiger partial charge in [-0.1, -0.05) is 72.8 Å². The number of hydrogen-bond acceptors (Lipinski definition) is 6. The second kappa shape index (κ2) is 12.0. The highest BCUT2D eigenvalue weighted by atomic mass is 32.2. The van der Waals surface area contributed by atoms with Crippen LogP contribution in [0.1, 0.15) is 24.4 Å². The molecule has 2 saturated heterocycles. The Morgan fingerprint density at radius 3 is 2.26 bits per heavy atom. The van der Waals surface area contributed by atoms with Crippen molar-refractivity contribution in [2.24, 2.45) is 0 Å². The number of rotatable bonds is 9. The topological polar surface area (TPSA) is 90.0 Å². The number of amides is 1. The van der Waals surface area contributed by atoms with E-state index in [0.717, 1.165) is 36.2 Å². The largest absolute Gasteiger partial charge is 0.392 e. The quantitative estimate of drug-likeness (QED) is 0.421. The van der Waals surface area contributed by atoms with Gasteiger partial charge in [0.2, 0.25) is 15.9 Å². The Morgan fingerprint density at radius 1 is 0.947 bits per heavy atom. The summed E-state index contributed by atoms with van der Waals surface area (Å²) in [7, 11) is -3.85. The molecule has 200 valence electrons. The van der Waals surface area contributed by atoms with Crippen LogP contribution in [0, 0.1) is 0 Å². The van der Waals surface area contributed by atoms with Crippen molar-refractivity contribution in [1.29, 1.82) is 0 Å². The third-order valence-corrected chi connectivity index (χ3v) is 10.4. The van der Waals surface area contributed by atoms with Crippen LogP contribution < -0.4 is 5.32 Å². The van der Waals surface area contributed by atoms with Crippen molar-refractivity contribution in [3.63, 3.8) is 0 Å². The smallest absolute Gasteiger partial charge is 0.249 e. The normalized spacial score (nSPS) is 21.4. The van der Waals surface area contributed by atoms with Gasteiger partial charge in [0, 0.05) is 31.9 Å². The number of thioether (sulfide) groups is 1. The van der Waals surface area contributed by atoms with E-state index in [1.807, 2.05) is 60.7 Å². The Hall–Kier alpha value is -2.69. The first-order valence-corrected chi connectivity index (χ1v) is 15.5. The highest BCUT2D eigenvalue weighted by Crippen LogP contribution is 2.32. The molecule has 0 bridgehead atoms. The molecule has 1 amide bonds. The third kappa shape index (κ3) is 6.13. The number of nitrogens with zero attached hydrogens (tertiary/aromatic N) is 2. The molecular weight excluding hydrogens is 518 g/mol. The van der Waals surface area contributed by atoms with E-state index in [1.165, 1.54) is 16.1 Å². The van der Waals surface area contributed by atoms with Crippen molar-refractivity contribution in [3.8, 4) is 11.1 Å². The van der Waals surface area contributed by atoms with E-state index < -0.39 is 15.4 Å². The van der Waals surface area contributed by atoms with E-state index in [1.54, 1.807) is 24.3 Å². The van der Waals surface area contributed by atoms with Crippen molar-refractivity contribution in [2.75, 3.05) is 31.9 Å². The fourth-order valence-corrected chi connectivity index (χ4v) is 8.16. The van der Waals surface area contributed by atoms with Crippen molar-refractivity contribution in [3.05, 3.63) is 90.5 Å². The molecule has 38 heavy (non-hydrogen) atoms. The molecule has 9 heteroatoms. The average molecular weight is 552 g/mol. The lowest BCUT2D eigenvalue weighted by Crippen LogP contribution is -2.46. The van der Waals surface area contributed by atoms with Crippen LogP contribution >= 0.6 is 11.8 Å². The summed E-state index contributed by atoms with van der Waals surface area (Å²) in [5, 5.41) is 12.2. The van der Waals surface area contributed by atoms with Crippen molar-refractivity contribution in [2.45, 2.75) is 35.3 Å². The first-order chi connectivity index (χ1) is 18.4. The number of sulfonamides is 1. The highest BCUT2D eigenvalue weighted by Gasteiger charge is 2.40. The molecule has 3 aromatic carbocycles. The fraction of sp³-hybridized carbons (Fsp3) is 0.345. The minimum atomic E-state index is -3.85. The lowest BCUT2D eigenvalue weighted by molar-refractivity contribution is -0.123. The second-order valence-corrected chi connectivity index (χ2v) is 12.8. The number of likely N-dealkylation sites (tertiary alicyclic amines) is 1. The fourth-order valence-electron chi connectivity index (χ4n) is 5.07. The van der Waals surface area contributed by atoms with Crippen LogP contribution in [-0.4, -0.2) is 72.0 Å². The van der Waals surface area contributed by atoms with E-state index in [0.29, 0.717) is 18.7 Å². The minimum absolute atomic E-state index is 0.185. The SMILES string of the molecule is O=C(NC(CCN1CC[C@@H](O)C1)c1ccccc1)C1SCCN1S(=O)(=O)c1ccc(-c2ccccc2)cc1. The van der Waals surface area contributed by atoms with E-state index in [2.05, 4.69) is 10.2 Å². The van der Waals surface area contributed by atoms with Crippen molar-refractivity contribution in [1.82, 2.24) is 14.5 Å². The summed E-state index contributed by atoms with van der Waals surface area (Å²) >= 11 is 1.35. The summed E-state index contributed by atoms with van der Waals surface area (Å²) in [6.45, 7) is 2.50. The molecule has 0 aromatic heterocycles. The molecule has 0 radical (unpaired) electrons. The first-order valence-electron chi connectivity index (χ1n) is 13.0. The van der Waals surface area contributed by atoms with Crippen LogP contribution in [0.25, 0.3) is 11.1 Å². The Morgan fingerprint density at radius 2 is 1.61 bits per heavy atom. The number of carbonyl (C=O) groups excluding carboxylic acids is 1. The number of aliphatic hydroxyl groups excluding tert-OH is 1. The Bertz CT molecular complexity index is 1320. The summed E-state index contributed by atoms with van der Waals surface area (Å²) in [4.78, 5) is 15.9. The van der Waals surface area contributed by atoms with Gasteiger partial charge in [-0.05, 0) is 41.7 Å². The molecule has 3 aromatic rings. The third-order valence-electron chi connectivity index (χ3n) is 7.14. The predicted octanol–water partition coefficient (Wildman–Crippen LogP) is 3.73. The molecule has 3 atom stereocenters. The number of β-amino-alcohol motifs (C(OH)–C–C–N with tert-alkyl or cyclic N) is 1. The van der Waals surface area contributed by atoms with Crippen LogP contribution in [0.4, 0.5) is 0 Å². The van der Waals surface area contributed by atoms with Crippen LogP contribution in [0.5, 0.6) is 0 Å². The summed E-state index contributed by atoms with van der Waals surface area (Å²) in [6.07, 6.45) is 1.14. The zero-order valence-electron chi connectivity index (χ0n) is 21.1. The molecule has 0 saturated carbocycles. The van der Waals surface area contributed by atoms with Gasteiger partial charge in [0.15, 0.2) is 0 Å². The summed E-state index contributed by atoms with van der Waals surface area (Å²) < 4.78 is 28.5. The maximum absolute atomic E-state index is 13.6. The number of nitrogens with one attached hydrogen (secondary N) is 1. The molecule has 0 aliphatic carbocycles. The van der Waals surface area contributed by atoms with E-state index in [9.17, 15) is 18.3 Å². The van der Waals surface area contributed by atoms with Gasteiger partial charge in [-0.3, -0.25) is 4.79 Å². The van der Waals surface area contributed by atoms with Gasteiger partial charge in [0.1, 0.15) is 5.37 Å². The van der Waals surface area contributed by atoms with Gasteiger partial charge < -0.3 is 15.3 Å². The lowest BCUT2D eigenvalue weighted by Gasteiger charge is -2.27. The molecule has 2 fully saturated rings. The second-order valence-electron chi connectivity index (χ2n) is 9.73. The molecule has 2 heterocycles. The van der Waals surface area contributed by atoms with Crippen molar-refractivity contribution >= 4 is 27.7 Å². The number of aliphatic hydroxyl groups is 1. The maximum Gasteiger partial charge on any atom is 0.249 e. The van der Waals surface area contributed by atoms with Crippen LogP contribution in [-0.2, 0) is 14.8 Å². The van der Waals surface area contributed by atoms with Crippen molar-refractivity contribution < 1.29 is 18.3 Å². The predicted molar refractivity (Wildman–Crippen MR) is 151 cm³/mol. The number of carbonyl (C=O) groups is 1. The Balaban J connectivity index is 1.30. The minimum Gasteiger partial charge on any atom is -0.392 e. The standard InChI is InChI=1S/C29H33N3O4S2/c33-25-15-17-31(21-25)18-16-27(24-9-5-2-6-10-24)30-28(34)29-32(19-20-37-29)38(35,36)26-13-11-23(12-14-26)22-7-3-1-4-8-22/h1-14,25,27,29,33H,15-21H2,(H,30,34)/t25-,27?,29?/m1/s1. The first kappa shape index (κ1) is 26.9. The maximum atomic E-state index is 13.6. The number of benzene rings is 3. The zero-order chi connectivity index (χ0) is 26.5. The molecule has 0 spiro atoms. The summed E-state index contributed by atoms with van der Waals surface area (Å²) in [5.41, 5.74) is 2.93. The van der Waals surface area contributed by atoms with Gasteiger partial charge in [0.05, 0.1) is 17.0 Å². The van der Waals surface area contributed by atoms with Gasteiger partial charge in [-0.15, -0.1) is 11.8 Å². The molecule has 2 aliphatic rings. The van der Waals surface area contributed by atoms with Crippen LogP contribution in [0.2, 0.25) is 0 Å². The van der Waals surface area contributed by atoms with E-state index in [-0.39, 0.29) is 29.5 Å². The van der Waals surface area contributed by atoms with Gasteiger partial charge in [-0.25, -0.2) is 8.42 Å². The lowest BCUT2D eigenvalue weighted by atomic mass is 10.0. The molecule has 2 aliphatic heterocycles. The summed E-state index contributed by atoms with van der Waals surface area (Å²) in [6, 6.07) is 26.2. The summed E-state index contributed by atoms with van der Waals surface area (Å²) in [5.74, 6) is 0.258. The zero-order valence-corrected chi connectivity index (χ0v) is 22.8. The van der Waals surface area contributed by atoms with Gasteiger partial charge in [-0.2, -0.15) is 4.31 Å². The number of hydrogen-bond donors (Lipinski definition) is 2. The van der Waals surface area contributed by atoms with Crippen LogP contribution in [0.3, 0.4) is 0 Å². The molecule has 2 N–H and O–H groups in total. The van der Waals surface area contributed by atoms with Gasteiger partial charge >= 0.3 is 0 Å². The van der Waals surface area contributed by atoms with E-state index in [4.69, 9.17) is 0 Å². The Kier molecular flexibility index (Phi) is 8.50. The highest BCUT2D eigenvalue weighted by molar-refractivity contribution is 8.02. The molecule has 2 unspecified atom stereocenters. The molecule has 7 nitrogen and oxygen atoms in total. The Labute approximate surface area is 228 Å². The van der Waals surface area contributed by atoms with E-state index >= 15 is 0 Å². The average Bonchev–Trinajstić information content (AvgIpc) is 3.62. The monoisotopic (exact) mass is 551 g/mol. The molecular formula is C29H33N3O4S2. The molecule has 5 rings (SSSR count).